The Kier molecular flexibility index (Phi) is 12.0. The first-order valence-electron chi connectivity index (χ1n) is 6.06. The average molecular weight is 234 g/mol. The number of carbonyl (C=O) groups is 1. The van der Waals surface area contributed by atoms with Crippen molar-refractivity contribution in [3.63, 3.8) is 0 Å². The van der Waals surface area contributed by atoms with Crippen LogP contribution >= 0.6 is 7.26 Å². The van der Waals surface area contributed by atoms with Gasteiger partial charge in [0.15, 0.2) is 0 Å². The van der Waals surface area contributed by atoms with E-state index in [2.05, 4.69) is 27.7 Å². The van der Waals surface area contributed by atoms with Crippen LogP contribution in [-0.2, 0) is 4.79 Å². The van der Waals surface area contributed by atoms with Crippen LogP contribution in [0.15, 0.2) is 0 Å². The Balaban J connectivity index is 0. The first-order chi connectivity index (χ1) is 7.01. The molecular weight excluding hydrogens is 207 g/mol. The molecule has 0 bridgehead atoms. The molecule has 3 heteroatoms. The third kappa shape index (κ3) is 8.87. The highest BCUT2D eigenvalue weighted by molar-refractivity contribution is 7.75. The molecule has 0 heterocycles. The van der Waals surface area contributed by atoms with Crippen molar-refractivity contribution in [1.29, 1.82) is 0 Å². The van der Waals surface area contributed by atoms with Crippen molar-refractivity contribution < 1.29 is 9.90 Å². The van der Waals surface area contributed by atoms with Crippen LogP contribution in [0.3, 0.4) is 0 Å². The molecule has 0 unspecified atom stereocenters. The van der Waals surface area contributed by atoms with Gasteiger partial charge in [0.1, 0.15) is 0 Å². The van der Waals surface area contributed by atoms with Crippen molar-refractivity contribution in [2.24, 2.45) is 0 Å². The lowest BCUT2D eigenvalue weighted by Gasteiger charge is -2.20. The zero-order chi connectivity index (χ0) is 12.3. The van der Waals surface area contributed by atoms with Gasteiger partial charge in [-0.3, -0.25) is 0 Å². The van der Waals surface area contributed by atoms with E-state index >= 15 is 0 Å². The third-order valence-electron chi connectivity index (χ3n) is 3.14. The summed E-state index contributed by atoms with van der Waals surface area (Å²) in [6.07, 6.45) is 6.67. The minimum Gasteiger partial charge on any atom is -0.550 e. The van der Waals surface area contributed by atoms with Gasteiger partial charge in [-0.1, -0.05) is 13.3 Å². The molecule has 0 N–H and O–H groups in total. The highest BCUT2D eigenvalue weighted by Crippen LogP contribution is 2.57. The van der Waals surface area contributed by atoms with Gasteiger partial charge in [-0.2, -0.15) is 0 Å². The van der Waals surface area contributed by atoms with E-state index in [1.165, 1.54) is 24.6 Å². The molecule has 15 heavy (non-hydrogen) atoms. The second-order valence-electron chi connectivity index (χ2n) is 3.73. The number of carbonyl (C=O) groups excluding carboxylic acids is 1. The van der Waals surface area contributed by atoms with Crippen molar-refractivity contribution in [1.82, 2.24) is 0 Å². The number of hydrogen-bond acceptors (Lipinski definition) is 2. The van der Waals surface area contributed by atoms with Crippen LogP contribution in [0.2, 0.25) is 0 Å². The van der Waals surface area contributed by atoms with E-state index in [-0.39, 0.29) is 6.42 Å². The highest BCUT2D eigenvalue weighted by Gasteiger charge is 2.27. The van der Waals surface area contributed by atoms with Crippen LogP contribution in [0, 0.1) is 0 Å². The summed E-state index contributed by atoms with van der Waals surface area (Å²) < 4.78 is 0. The van der Waals surface area contributed by atoms with E-state index in [9.17, 15) is 9.90 Å². The number of carboxylic acid groups (broad SMARTS) is 1. The number of rotatable bonds is 6. The summed E-state index contributed by atoms with van der Waals surface area (Å²) in [6, 6.07) is 0. The maximum absolute atomic E-state index is 9.49. The van der Waals surface area contributed by atoms with Crippen molar-refractivity contribution >= 4 is 13.2 Å². The van der Waals surface area contributed by atoms with Crippen molar-refractivity contribution in [3.05, 3.63) is 0 Å². The lowest BCUT2D eigenvalue weighted by atomic mass is 10.4. The summed E-state index contributed by atoms with van der Waals surface area (Å²) in [4.78, 5) is 9.49. The highest BCUT2D eigenvalue weighted by atomic mass is 31.2. The quantitative estimate of drug-likeness (QED) is 0.663. The second-order valence-corrected chi connectivity index (χ2v) is 8.94. The molecule has 0 spiro atoms. The first-order valence-corrected chi connectivity index (χ1v) is 8.59. The van der Waals surface area contributed by atoms with Gasteiger partial charge in [0.25, 0.3) is 0 Å². The fourth-order valence-corrected chi connectivity index (χ4v) is 4.23. The molecule has 0 saturated carbocycles. The Bertz CT molecular complexity index is 136. The molecule has 0 aromatic carbocycles. The topological polar surface area (TPSA) is 40.1 Å². The Morgan fingerprint density at radius 2 is 1.27 bits per heavy atom. The largest absolute Gasteiger partial charge is 0.550 e. The fraction of sp³-hybridized carbons (Fsp3) is 0.917. The number of hydrogen-bond donors (Lipinski definition) is 0. The molecule has 0 aromatic rings. The van der Waals surface area contributed by atoms with Gasteiger partial charge in [-0.25, -0.2) is 0 Å². The Morgan fingerprint density at radius 1 is 0.933 bits per heavy atom. The number of aliphatic carboxylic acids is 1. The van der Waals surface area contributed by atoms with Crippen LogP contribution in [-0.4, -0.2) is 30.6 Å². The molecule has 0 aromatic heterocycles. The van der Waals surface area contributed by atoms with Gasteiger partial charge in [0.2, 0.25) is 0 Å². The Labute approximate surface area is 95.8 Å². The van der Waals surface area contributed by atoms with E-state index in [4.69, 9.17) is 0 Å². The van der Waals surface area contributed by atoms with Gasteiger partial charge in [0, 0.05) is 13.2 Å². The molecular formula is C12H27O2P. The molecule has 0 aliphatic rings. The van der Waals surface area contributed by atoms with E-state index in [1.54, 1.807) is 6.92 Å². The molecule has 0 fully saturated rings. The van der Waals surface area contributed by atoms with Gasteiger partial charge < -0.3 is 9.90 Å². The lowest BCUT2D eigenvalue weighted by Crippen LogP contribution is -2.20. The fourth-order valence-electron chi connectivity index (χ4n) is 1.55. The van der Waals surface area contributed by atoms with Gasteiger partial charge >= 0.3 is 0 Å². The van der Waals surface area contributed by atoms with Crippen LogP contribution < -0.4 is 5.11 Å². The van der Waals surface area contributed by atoms with Crippen LogP contribution in [0.25, 0.3) is 0 Å². The Hall–Kier alpha value is -0.100. The van der Waals surface area contributed by atoms with Gasteiger partial charge in [-0.05, 0) is 34.1 Å². The van der Waals surface area contributed by atoms with E-state index in [0.717, 1.165) is 0 Å². The molecule has 0 radical (unpaired) electrons. The summed E-state index contributed by atoms with van der Waals surface area (Å²) in [7, 11) is -0.420. The summed E-state index contributed by atoms with van der Waals surface area (Å²) in [5.41, 5.74) is 0. The minimum atomic E-state index is -0.961. The molecule has 2 nitrogen and oxygen atoms in total. The molecule has 92 valence electrons. The third-order valence-corrected chi connectivity index (χ3v) is 8.50. The summed E-state index contributed by atoms with van der Waals surface area (Å²) in [5.74, 6) is -0.961. The van der Waals surface area contributed by atoms with Gasteiger partial charge in [0.05, 0.1) is 24.6 Å². The smallest absolute Gasteiger partial charge is 0.0565 e. The predicted molar refractivity (Wildman–Crippen MR) is 69.0 cm³/mol. The van der Waals surface area contributed by atoms with Crippen molar-refractivity contribution in [3.8, 4) is 0 Å². The van der Waals surface area contributed by atoms with Crippen LogP contribution in [0.4, 0.5) is 0 Å². The number of carboxylic acids is 1. The summed E-state index contributed by atoms with van der Waals surface area (Å²) in [5, 5.41) is 9.49. The standard InChI is InChI=1S/C8H20P.C4H8O2/c1-5-9(6-2,7-3)8-4;1-2-3-4(5)6/h5-8H2,1-4H3;2-3H2,1H3,(H,5,6)/q+1;/p-1. The predicted octanol–water partition coefficient (Wildman–Crippen LogP) is 2.62. The summed E-state index contributed by atoms with van der Waals surface area (Å²) >= 11 is 0. The minimum absolute atomic E-state index is 0.181. The molecule has 0 atom stereocenters. The molecule has 0 saturated heterocycles. The monoisotopic (exact) mass is 234 g/mol. The lowest BCUT2D eigenvalue weighted by molar-refractivity contribution is -0.305. The van der Waals surface area contributed by atoms with E-state index < -0.39 is 13.2 Å². The molecule has 0 amide bonds. The zero-order valence-corrected chi connectivity index (χ0v) is 11.9. The van der Waals surface area contributed by atoms with Crippen LogP contribution in [0.1, 0.15) is 47.5 Å². The van der Waals surface area contributed by atoms with Gasteiger partial charge in [-0.15, -0.1) is 0 Å². The first kappa shape index (κ1) is 17.3. The normalized spacial score (nSPS) is 10.5. The summed E-state index contributed by atoms with van der Waals surface area (Å²) in [6.45, 7) is 11.2. The maximum Gasteiger partial charge on any atom is 0.0565 e. The zero-order valence-electron chi connectivity index (χ0n) is 11.0. The maximum atomic E-state index is 9.49. The average Bonchev–Trinajstić information content (AvgIpc) is 2.23. The van der Waals surface area contributed by atoms with E-state index in [1.807, 2.05) is 0 Å². The van der Waals surface area contributed by atoms with Crippen LogP contribution in [0.5, 0.6) is 0 Å². The molecule has 0 aliphatic heterocycles. The van der Waals surface area contributed by atoms with E-state index in [0.29, 0.717) is 6.42 Å². The van der Waals surface area contributed by atoms with Crippen molar-refractivity contribution in [2.75, 3.05) is 24.6 Å². The van der Waals surface area contributed by atoms with Crippen molar-refractivity contribution in [2.45, 2.75) is 47.5 Å². The molecule has 0 aliphatic carbocycles. The second kappa shape index (κ2) is 10.4. The molecule has 0 rings (SSSR count). The Morgan fingerprint density at radius 3 is 1.27 bits per heavy atom. The SMILES string of the molecule is CCCC(=O)[O-].CC[P+](CC)(CC)CC.